The number of carbonyl (C=O) groups is 4. The first-order valence-electron chi connectivity index (χ1n) is 13.6. The number of hydrogen-bond acceptors (Lipinski definition) is 5. The standard InChI is InChI=1S/C32H40N4O5/c1-19(2)36(30(39)25(18-26(33)37)35-31(40)41-32(5,6)7)28(27-20(3)11-10-12-21(27)4)29(38)34-24-16-15-22-13-8-9-14-23(22)17-24/h8-17,19,25,28H,18H2,1-7H3,(H2,33,37)(H,34,38)(H,35,40). The lowest BCUT2D eigenvalue weighted by atomic mass is 9.92. The van der Waals surface area contributed by atoms with E-state index in [1.54, 1.807) is 34.6 Å². The van der Waals surface area contributed by atoms with Gasteiger partial charge in [0.2, 0.25) is 11.8 Å². The van der Waals surface area contributed by atoms with E-state index in [0.29, 0.717) is 11.3 Å². The Kier molecular flexibility index (Phi) is 9.75. The lowest BCUT2D eigenvalue weighted by Gasteiger charge is -2.38. The van der Waals surface area contributed by atoms with E-state index >= 15 is 0 Å². The average Bonchev–Trinajstić information content (AvgIpc) is 2.85. The van der Waals surface area contributed by atoms with Crippen molar-refractivity contribution >= 4 is 40.3 Å². The first kappa shape index (κ1) is 31.1. The maximum atomic E-state index is 14.2. The Morgan fingerprint density at radius 2 is 1.51 bits per heavy atom. The molecule has 0 aromatic heterocycles. The van der Waals surface area contributed by atoms with Gasteiger partial charge in [-0.25, -0.2) is 4.79 Å². The number of rotatable bonds is 9. The van der Waals surface area contributed by atoms with Crippen molar-refractivity contribution in [3.05, 3.63) is 77.4 Å². The van der Waals surface area contributed by atoms with Crippen LogP contribution in [0.5, 0.6) is 0 Å². The Hall–Kier alpha value is -4.40. The van der Waals surface area contributed by atoms with Gasteiger partial charge in [0, 0.05) is 11.7 Å². The van der Waals surface area contributed by atoms with Crippen LogP contribution in [0.2, 0.25) is 0 Å². The number of carbonyl (C=O) groups excluding carboxylic acids is 4. The molecule has 4 amide bonds. The molecule has 41 heavy (non-hydrogen) atoms. The van der Waals surface area contributed by atoms with Crippen LogP contribution < -0.4 is 16.4 Å². The largest absolute Gasteiger partial charge is 0.444 e. The van der Waals surface area contributed by atoms with Crippen molar-refractivity contribution in [1.82, 2.24) is 10.2 Å². The number of ether oxygens (including phenoxy) is 1. The Bertz CT molecular complexity index is 1420. The predicted molar refractivity (Wildman–Crippen MR) is 160 cm³/mol. The molecule has 218 valence electrons. The zero-order valence-corrected chi connectivity index (χ0v) is 24.8. The highest BCUT2D eigenvalue weighted by Crippen LogP contribution is 2.32. The Morgan fingerprint density at radius 3 is 2.07 bits per heavy atom. The summed E-state index contributed by atoms with van der Waals surface area (Å²) in [5.41, 5.74) is 7.50. The van der Waals surface area contributed by atoms with Crippen LogP contribution >= 0.6 is 0 Å². The average molecular weight is 561 g/mol. The summed E-state index contributed by atoms with van der Waals surface area (Å²) in [6.07, 6.45) is -1.34. The highest BCUT2D eigenvalue weighted by Gasteiger charge is 2.39. The van der Waals surface area contributed by atoms with Crippen molar-refractivity contribution in [2.75, 3.05) is 5.32 Å². The molecule has 3 rings (SSSR count). The van der Waals surface area contributed by atoms with Gasteiger partial charge in [0.1, 0.15) is 17.7 Å². The topological polar surface area (TPSA) is 131 Å². The van der Waals surface area contributed by atoms with E-state index in [-0.39, 0.29) is 0 Å². The summed E-state index contributed by atoms with van der Waals surface area (Å²) in [7, 11) is 0. The SMILES string of the molecule is Cc1cccc(C)c1C(C(=O)Nc1ccc2ccccc2c1)N(C(=O)C(CC(N)=O)NC(=O)OC(C)(C)C)C(C)C. The van der Waals surface area contributed by atoms with E-state index in [9.17, 15) is 19.2 Å². The highest BCUT2D eigenvalue weighted by atomic mass is 16.6. The number of aryl methyl sites for hydroxylation is 2. The molecule has 0 spiro atoms. The number of amides is 4. The number of hydrogen-bond donors (Lipinski definition) is 3. The maximum Gasteiger partial charge on any atom is 0.408 e. The van der Waals surface area contributed by atoms with Gasteiger partial charge in [-0.15, -0.1) is 0 Å². The van der Waals surface area contributed by atoms with Gasteiger partial charge in [-0.1, -0.05) is 48.5 Å². The minimum atomic E-state index is -1.34. The molecule has 0 aliphatic heterocycles. The van der Waals surface area contributed by atoms with Gasteiger partial charge in [-0.2, -0.15) is 0 Å². The van der Waals surface area contributed by atoms with Crippen molar-refractivity contribution in [2.45, 2.75) is 78.6 Å². The van der Waals surface area contributed by atoms with E-state index in [1.807, 2.05) is 74.5 Å². The minimum Gasteiger partial charge on any atom is -0.444 e. The van der Waals surface area contributed by atoms with Crippen molar-refractivity contribution in [3.63, 3.8) is 0 Å². The van der Waals surface area contributed by atoms with E-state index < -0.39 is 54.0 Å². The Morgan fingerprint density at radius 1 is 0.902 bits per heavy atom. The molecule has 0 bridgehead atoms. The highest BCUT2D eigenvalue weighted by molar-refractivity contribution is 6.01. The Balaban J connectivity index is 2.08. The summed E-state index contributed by atoms with van der Waals surface area (Å²) in [5, 5.41) is 7.47. The van der Waals surface area contributed by atoms with E-state index in [1.165, 1.54) is 4.90 Å². The van der Waals surface area contributed by atoms with E-state index in [2.05, 4.69) is 10.6 Å². The first-order chi connectivity index (χ1) is 19.2. The quantitative estimate of drug-likeness (QED) is 0.333. The van der Waals surface area contributed by atoms with Gasteiger partial charge in [-0.05, 0) is 88.1 Å². The van der Waals surface area contributed by atoms with Gasteiger partial charge in [0.15, 0.2) is 0 Å². The molecule has 0 saturated heterocycles. The Labute approximate surface area is 241 Å². The lowest BCUT2D eigenvalue weighted by Crippen LogP contribution is -2.55. The monoisotopic (exact) mass is 560 g/mol. The van der Waals surface area contributed by atoms with Gasteiger partial charge >= 0.3 is 6.09 Å². The van der Waals surface area contributed by atoms with Crippen LogP contribution in [0, 0.1) is 13.8 Å². The number of nitrogens with two attached hydrogens (primary N) is 1. The smallest absolute Gasteiger partial charge is 0.408 e. The molecule has 3 aromatic carbocycles. The molecule has 0 aliphatic carbocycles. The fourth-order valence-corrected chi connectivity index (χ4v) is 4.84. The summed E-state index contributed by atoms with van der Waals surface area (Å²) in [6, 6.07) is 16.1. The fraction of sp³-hybridized carbons (Fsp3) is 0.375. The van der Waals surface area contributed by atoms with Crippen LogP contribution in [0.1, 0.15) is 63.8 Å². The zero-order valence-electron chi connectivity index (χ0n) is 24.8. The number of fused-ring (bicyclic) bond motifs is 1. The summed E-state index contributed by atoms with van der Waals surface area (Å²) < 4.78 is 5.33. The van der Waals surface area contributed by atoms with Crippen molar-refractivity contribution in [3.8, 4) is 0 Å². The third-order valence-corrected chi connectivity index (χ3v) is 6.56. The van der Waals surface area contributed by atoms with Crippen LogP contribution in [0.15, 0.2) is 60.7 Å². The molecular weight excluding hydrogens is 520 g/mol. The molecule has 9 nitrogen and oxygen atoms in total. The number of primary amides is 1. The molecule has 0 radical (unpaired) electrons. The van der Waals surface area contributed by atoms with Gasteiger partial charge < -0.3 is 26.0 Å². The second kappa shape index (κ2) is 12.8. The lowest BCUT2D eigenvalue weighted by molar-refractivity contribution is -0.144. The zero-order chi connectivity index (χ0) is 30.5. The van der Waals surface area contributed by atoms with Gasteiger partial charge in [0.05, 0.1) is 6.42 Å². The summed E-state index contributed by atoms with van der Waals surface area (Å²) >= 11 is 0. The van der Waals surface area contributed by atoms with Gasteiger partial charge in [-0.3, -0.25) is 14.4 Å². The molecule has 2 unspecified atom stereocenters. The predicted octanol–water partition coefficient (Wildman–Crippen LogP) is 5.14. The van der Waals surface area contributed by atoms with Crippen molar-refractivity contribution in [1.29, 1.82) is 0 Å². The molecule has 9 heteroatoms. The molecule has 2 atom stereocenters. The second-order valence-corrected chi connectivity index (χ2v) is 11.5. The second-order valence-electron chi connectivity index (χ2n) is 11.5. The van der Waals surface area contributed by atoms with E-state index in [0.717, 1.165) is 21.9 Å². The number of nitrogens with one attached hydrogen (secondary N) is 2. The van der Waals surface area contributed by atoms with Crippen LogP contribution in [0.25, 0.3) is 10.8 Å². The maximum absolute atomic E-state index is 14.2. The molecule has 0 saturated carbocycles. The molecule has 3 aromatic rings. The van der Waals surface area contributed by atoms with E-state index in [4.69, 9.17) is 10.5 Å². The number of benzene rings is 3. The number of anilines is 1. The summed E-state index contributed by atoms with van der Waals surface area (Å²) in [6.45, 7) is 12.4. The molecule has 0 heterocycles. The molecule has 0 fully saturated rings. The molecule has 0 aliphatic rings. The van der Waals surface area contributed by atoms with Gasteiger partial charge in [0.25, 0.3) is 5.91 Å². The normalized spacial score (nSPS) is 12.9. The fourth-order valence-electron chi connectivity index (χ4n) is 4.84. The first-order valence-corrected chi connectivity index (χ1v) is 13.6. The summed E-state index contributed by atoms with van der Waals surface area (Å²) in [4.78, 5) is 54.3. The van der Waals surface area contributed by atoms with Crippen LogP contribution in [-0.2, 0) is 19.1 Å². The van der Waals surface area contributed by atoms with Crippen LogP contribution in [0.4, 0.5) is 10.5 Å². The molecular formula is C32H40N4O5. The summed E-state index contributed by atoms with van der Waals surface area (Å²) in [5.74, 6) is -1.85. The van der Waals surface area contributed by atoms with Crippen LogP contribution in [-0.4, -0.2) is 46.4 Å². The third kappa shape index (κ3) is 8.06. The third-order valence-electron chi connectivity index (χ3n) is 6.56. The van der Waals surface area contributed by atoms with Crippen molar-refractivity contribution in [2.24, 2.45) is 5.73 Å². The molecule has 4 N–H and O–H groups in total. The number of alkyl carbamates (subject to hydrolysis) is 1. The van der Waals surface area contributed by atoms with Crippen LogP contribution in [0.3, 0.4) is 0 Å². The number of nitrogens with zero attached hydrogens (tertiary/aromatic N) is 1. The minimum absolute atomic E-state index is 0.435. The van der Waals surface area contributed by atoms with Crippen molar-refractivity contribution < 1.29 is 23.9 Å².